The van der Waals surface area contributed by atoms with E-state index < -0.39 is 48.4 Å². The van der Waals surface area contributed by atoms with Gasteiger partial charge in [0.05, 0.1) is 19.1 Å². The molecule has 0 saturated carbocycles. The second-order valence-electron chi connectivity index (χ2n) is 7.07. The van der Waals surface area contributed by atoms with Gasteiger partial charge in [-0.15, -0.1) is 0 Å². The van der Waals surface area contributed by atoms with E-state index in [-0.39, 0.29) is 31.5 Å². The molecular formula is C18H27B2NO8. The van der Waals surface area contributed by atoms with Crippen molar-refractivity contribution in [1.82, 2.24) is 5.32 Å². The summed E-state index contributed by atoms with van der Waals surface area (Å²) in [5, 5.41) is 2.44. The molecule has 2 fully saturated rings. The quantitative estimate of drug-likeness (QED) is 0.396. The lowest BCUT2D eigenvalue weighted by Crippen LogP contribution is -2.41. The molecule has 158 valence electrons. The second-order valence-corrected chi connectivity index (χ2v) is 7.07. The first-order valence-electron chi connectivity index (χ1n) is 9.76. The highest BCUT2D eigenvalue weighted by Gasteiger charge is 2.45. The minimum atomic E-state index is -0.770. The zero-order valence-electron chi connectivity index (χ0n) is 17.0. The molecule has 2 saturated heterocycles. The van der Waals surface area contributed by atoms with E-state index >= 15 is 0 Å². The molecule has 2 aliphatic heterocycles. The number of ether oxygens (including phenoxy) is 5. The molecule has 2 rings (SSSR count). The largest absolute Gasteiger partial charge is 0.459 e. The summed E-state index contributed by atoms with van der Waals surface area (Å²) in [5.41, 5.74) is 0. The lowest BCUT2D eigenvalue weighted by Gasteiger charge is -2.26. The van der Waals surface area contributed by atoms with Crippen LogP contribution in [0.15, 0.2) is 0 Å². The molecule has 4 radical (unpaired) electrons. The standard InChI is InChI=1S/C18H27B2NO8/c1-4-10-16(26-9(2)22)17(18(20)29-10)25-8-12-11(7-13(19)27-12)28-15(24)6-5-14(23)21-3/h10-13,16-18H,4-8H2,1-3H3,(H,21,23)/t10-,11-,12-,13-,16+,17?,18-/m1/s1. The smallest absolute Gasteiger partial charge is 0.306 e. The van der Waals surface area contributed by atoms with Gasteiger partial charge in [-0.05, 0) is 6.42 Å². The molecule has 0 spiro atoms. The molecule has 0 aromatic rings. The minimum Gasteiger partial charge on any atom is -0.459 e. The summed E-state index contributed by atoms with van der Waals surface area (Å²) < 4.78 is 27.8. The topological polar surface area (TPSA) is 109 Å². The van der Waals surface area contributed by atoms with E-state index in [1.54, 1.807) is 0 Å². The highest BCUT2D eigenvalue weighted by atomic mass is 16.6. The molecule has 2 aliphatic rings. The molecule has 7 atom stereocenters. The van der Waals surface area contributed by atoms with Gasteiger partial charge in [-0.2, -0.15) is 0 Å². The fourth-order valence-corrected chi connectivity index (χ4v) is 3.40. The average Bonchev–Trinajstić information content (AvgIpc) is 3.16. The van der Waals surface area contributed by atoms with E-state index in [0.717, 1.165) is 0 Å². The van der Waals surface area contributed by atoms with Crippen molar-refractivity contribution >= 4 is 33.5 Å². The van der Waals surface area contributed by atoms with Crippen LogP contribution >= 0.6 is 0 Å². The summed E-state index contributed by atoms with van der Waals surface area (Å²) in [7, 11) is 13.3. The van der Waals surface area contributed by atoms with Gasteiger partial charge in [0.15, 0.2) is 6.10 Å². The zero-order chi connectivity index (χ0) is 21.6. The van der Waals surface area contributed by atoms with Crippen molar-refractivity contribution < 1.29 is 38.1 Å². The van der Waals surface area contributed by atoms with E-state index in [2.05, 4.69) is 5.32 Å². The zero-order valence-corrected chi connectivity index (χ0v) is 17.0. The van der Waals surface area contributed by atoms with Gasteiger partial charge in [-0.25, -0.2) is 0 Å². The number of amides is 1. The van der Waals surface area contributed by atoms with Crippen LogP contribution in [-0.4, -0.2) is 89.7 Å². The van der Waals surface area contributed by atoms with Gasteiger partial charge in [-0.1, -0.05) is 6.92 Å². The van der Waals surface area contributed by atoms with Gasteiger partial charge in [0, 0.05) is 38.8 Å². The Labute approximate surface area is 173 Å². The Balaban J connectivity index is 1.91. The summed E-state index contributed by atoms with van der Waals surface area (Å²) in [5.74, 6) is -1.23. The van der Waals surface area contributed by atoms with Crippen LogP contribution in [0, 0.1) is 0 Å². The molecule has 1 amide bonds. The number of hydrogen-bond donors (Lipinski definition) is 1. The molecular weight excluding hydrogens is 380 g/mol. The predicted octanol–water partition coefficient (Wildman–Crippen LogP) is -0.672. The van der Waals surface area contributed by atoms with Crippen LogP contribution < -0.4 is 5.32 Å². The van der Waals surface area contributed by atoms with E-state index in [1.165, 1.54) is 14.0 Å². The predicted molar refractivity (Wildman–Crippen MR) is 102 cm³/mol. The Bertz CT molecular complexity index is 592. The van der Waals surface area contributed by atoms with Gasteiger partial charge in [0.2, 0.25) is 5.91 Å². The third kappa shape index (κ3) is 6.72. The van der Waals surface area contributed by atoms with E-state index in [4.69, 9.17) is 39.4 Å². The average molecular weight is 407 g/mol. The molecule has 0 aliphatic carbocycles. The van der Waals surface area contributed by atoms with Crippen LogP contribution in [0.3, 0.4) is 0 Å². The maximum Gasteiger partial charge on any atom is 0.306 e. The molecule has 0 aromatic carbocycles. The van der Waals surface area contributed by atoms with Crippen LogP contribution in [-0.2, 0) is 38.1 Å². The molecule has 0 aromatic heterocycles. The Morgan fingerprint density at radius 1 is 1.07 bits per heavy atom. The first-order chi connectivity index (χ1) is 13.7. The van der Waals surface area contributed by atoms with Crippen LogP contribution in [0.25, 0.3) is 0 Å². The first-order valence-corrected chi connectivity index (χ1v) is 9.76. The second kappa shape index (κ2) is 11.0. The fourth-order valence-electron chi connectivity index (χ4n) is 3.40. The van der Waals surface area contributed by atoms with Gasteiger partial charge in [0.25, 0.3) is 0 Å². The lowest BCUT2D eigenvalue weighted by molar-refractivity contribution is -0.161. The fraction of sp³-hybridized carbons (Fsp3) is 0.833. The Morgan fingerprint density at radius 3 is 2.41 bits per heavy atom. The number of nitrogens with one attached hydrogen (secondary N) is 1. The molecule has 1 N–H and O–H groups in total. The molecule has 1 unspecified atom stereocenters. The molecule has 9 nitrogen and oxygen atoms in total. The summed E-state index contributed by atoms with van der Waals surface area (Å²) in [6.07, 6.45) is -2.04. The van der Waals surface area contributed by atoms with E-state index in [9.17, 15) is 14.4 Å². The number of hydrogen-bond acceptors (Lipinski definition) is 8. The molecule has 29 heavy (non-hydrogen) atoms. The van der Waals surface area contributed by atoms with Crippen molar-refractivity contribution in [3.05, 3.63) is 0 Å². The van der Waals surface area contributed by atoms with Crippen LogP contribution in [0.4, 0.5) is 0 Å². The Morgan fingerprint density at radius 2 is 1.79 bits per heavy atom. The van der Waals surface area contributed by atoms with Gasteiger partial charge in [-0.3, -0.25) is 14.4 Å². The molecule has 11 heteroatoms. The van der Waals surface area contributed by atoms with Crippen molar-refractivity contribution in [2.24, 2.45) is 0 Å². The van der Waals surface area contributed by atoms with Crippen molar-refractivity contribution in [3.63, 3.8) is 0 Å². The third-order valence-electron chi connectivity index (χ3n) is 4.85. The highest BCUT2D eigenvalue weighted by Crippen LogP contribution is 2.29. The molecule has 0 bridgehead atoms. The summed E-state index contributed by atoms with van der Waals surface area (Å²) in [6.45, 7) is 3.22. The SMILES string of the molecule is [B][C@@H]1O[C@H](CC)[C@H](OC(C)=O)C1OC[C@H]1O[C@@H]([B])C[C@H]1OC(=O)CCC(=O)NC. The van der Waals surface area contributed by atoms with Crippen molar-refractivity contribution in [1.29, 1.82) is 0 Å². The number of carbonyl (C=O) groups excluding carboxylic acids is 3. The lowest BCUT2D eigenvalue weighted by atomic mass is 9.92. The maximum atomic E-state index is 12.0. The third-order valence-corrected chi connectivity index (χ3v) is 4.85. The maximum absolute atomic E-state index is 12.0. The van der Waals surface area contributed by atoms with E-state index in [1.807, 2.05) is 6.92 Å². The van der Waals surface area contributed by atoms with Crippen molar-refractivity contribution in [3.8, 4) is 0 Å². The Kier molecular flexibility index (Phi) is 8.98. The highest BCUT2D eigenvalue weighted by molar-refractivity contribution is 6.11. The summed E-state index contributed by atoms with van der Waals surface area (Å²) >= 11 is 0. The normalized spacial score (nSPS) is 34.0. The summed E-state index contributed by atoms with van der Waals surface area (Å²) in [6, 6.07) is -1.38. The number of rotatable bonds is 9. The van der Waals surface area contributed by atoms with Gasteiger partial charge in [0.1, 0.15) is 34.0 Å². The van der Waals surface area contributed by atoms with Gasteiger partial charge < -0.3 is 29.0 Å². The minimum absolute atomic E-state index is 0.0248. The number of carbonyl (C=O) groups is 3. The van der Waals surface area contributed by atoms with Crippen LogP contribution in [0.5, 0.6) is 0 Å². The summed E-state index contributed by atoms with van der Waals surface area (Å²) in [4.78, 5) is 34.7. The van der Waals surface area contributed by atoms with E-state index in [0.29, 0.717) is 12.8 Å². The Hall–Kier alpha value is -1.58. The monoisotopic (exact) mass is 407 g/mol. The van der Waals surface area contributed by atoms with Crippen LogP contribution in [0.1, 0.15) is 39.5 Å². The van der Waals surface area contributed by atoms with Crippen LogP contribution in [0.2, 0.25) is 0 Å². The van der Waals surface area contributed by atoms with Gasteiger partial charge >= 0.3 is 11.9 Å². The number of esters is 2. The van der Waals surface area contributed by atoms with Crippen molar-refractivity contribution in [2.45, 2.75) is 82.1 Å². The molecule has 2 heterocycles. The van der Waals surface area contributed by atoms with Crippen molar-refractivity contribution in [2.75, 3.05) is 13.7 Å². The first kappa shape index (κ1) is 23.7.